The number of nitrogens with zero attached hydrogens (tertiary/aromatic N) is 1. The summed E-state index contributed by atoms with van der Waals surface area (Å²) in [6.45, 7) is 0.0912. The van der Waals surface area contributed by atoms with Crippen molar-refractivity contribution in [3.8, 4) is 17.2 Å². The molecule has 1 aromatic carbocycles. The molecule has 1 amide bonds. The van der Waals surface area contributed by atoms with Crippen molar-refractivity contribution in [1.82, 2.24) is 0 Å². The van der Waals surface area contributed by atoms with Crippen molar-refractivity contribution < 1.29 is 23.9 Å². The standard InChI is InChI=1S/C15H16N2O4/c1-20-13-6-11(7-14(8-13)21-2)16-15(19)10-17-5-3-4-12(18)9-17/h3-9H,10H2,1-2H3,(H-,16,18,19)/p+1. The minimum Gasteiger partial charge on any atom is -0.503 e. The zero-order valence-electron chi connectivity index (χ0n) is 11.9. The highest BCUT2D eigenvalue weighted by molar-refractivity contribution is 5.90. The summed E-state index contributed by atoms with van der Waals surface area (Å²) >= 11 is 0. The molecule has 0 atom stereocenters. The first kappa shape index (κ1) is 14.6. The fourth-order valence-electron chi connectivity index (χ4n) is 1.85. The van der Waals surface area contributed by atoms with Crippen molar-refractivity contribution >= 4 is 11.6 Å². The quantitative estimate of drug-likeness (QED) is 0.815. The van der Waals surface area contributed by atoms with Crippen LogP contribution in [0.25, 0.3) is 0 Å². The van der Waals surface area contributed by atoms with Gasteiger partial charge in [0, 0.05) is 30.0 Å². The molecule has 6 nitrogen and oxygen atoms in total. The molecule has 0 fully saturated rings. The molecule has 0 saturated heterocycles. The Morgan fingerprint density at radius 1 is 1.24 bits per heavy atom. The molecule has 0 unspecified atom stereocenters. The second-order valence-electron chi connectivity index (χ2n) is 4.38. The predicted molar refractivity (Wildman–Crippen MR) is 76.5 cm³/mol. The van der Waals surface area contributed by atoms with Gasteiger partial charge in [-0.2, -0.15) is 4.57 Å². The molecule has 2 aromatic rings. The topological polar surface area (TPSA) is 71.7 Å². The molecule has 0 spiro atoms. The number of aromatic hydroxyl groups is 1. The van der Waals surface area contributed by atoms with E-state index in [1.165, 1.54) is 6.20 Å². The zero-order chi connectivity index (χ0) is 15.2. The Kier molecular flexibility index (Phi) is 4.61. The zero-order valence-corrected chi connectivity index (χ0v) is 11.9. The lowest BCUT2D eigenvalue weighted by Gasteiger charge is -2.09. The molecule has 0 radical (unpaired) electrons. The van der Waals surface area contributed by atoms with Crippen molar-refractivity contribution in [3.05, 3.63) is 42.7 Å². The van der Waals surface area contributed by atoms with Gasteiger partial charge in [-0.05, 0) is 6.07 Å². The number of nitrogens with one attached hydrogen (secondary N) is 1. The first-order valence-corrected chi connectivity index (χ1v) is 6.31. The Morgan fingerprint density at radius 3 is 2.48 bits per heavy atom. The van der Waals surface area contributed by atoms with Gasteiger partial charge in [-0.3, -0.25) is 4.79 Å². The Labute approximate surface area is 122 Å². The van der Waals surface area contributed by atoms with E-state index in [0.717, 1.165) is 0 Å². The summed E-state index contributed by atoms with van der Waals surface area (Å²) in [5.41, 5.74) is 0.581. The molecule has 2 N–H and O–H groups in total. The number of anilines is 1. The number of hydrogen-bond acceptors (Lipinski definition) is 4. The number of methoxy groups -OCH3 is 2. The fourth-order valence-corrected chi connectivity index (χ4v) is 1.85. The van der Waals surface area contributed by atoms with Crippen LogP contribution in [0.3, 0.4) is 0 Å². The van der Waals surface area contributed by atoms with Gasteiger partial charge in [0.2, 0.25) is 12.7 Å². The highest BCUT2D eigenvalue weighted by atomic mass is 16.5. The average molecular weight is 289 g/mol. The number of aromatic nitrogens is 1. The molecule has 1 heterocycles. The van der Waals surface area contributed by atoms with Crippen LogP contribution in [-0.4, -0.2) is 25.2 Å². The number of rotatable bonds is 5. The lowest BCUT2D eigenvalue weighted by atomic mass is 10.2. The molecule has 1 aromatic heterocycles. The molecule has 0 aliphatic heterocycles. The van der Waals surface area contributed by atoms with Crippen LogP contribution in [0, 0.1) is 0 Å². The van der Waals surface area contributed by atoms with Crippen molar-refractivity contribution in [3.63, 3.8) is 0 Å². The normalized spacial score (nSPS) is 10.0. The van der Waals surface area contributed by atoms with Gasteiger partial charge in [0.25, 0.3) is 5.91 Å². The number of benzene rings is 1. The average Bonchev–Trinajstić information content (AvgIpc) is 2.46. The summed E-state index contributed by atoms with van der Waals surface area (Å²) in [6, 6.07) is 8.33. The molecule has 0 aliphatic carbocycles. The van der Waals surface area contributed by atoms with Crippen LogP contribution < -0.4 is 19.4 Å². The van der Waals surface area contributed by atoms with Crippen molar-refractivity contribution in [2.75, 3.05) is 19.5 Å². The van der Waals surface area contributed by atoms with Gasteiger partial charge < -0.3 is 19.9 Å². The van der Waals surface area contributed by atoms with E-state index >= 15 is 0 Å². The maximum atomic E-state index is 12.0. The Hall–Kier alpha value is -2.76. The van der Waals surface area contributed by atoms with Crippen LogP contribution >= 0.6 is 0 Å². The molecule has 0 saturated carbocycles. The fraction of sp³-hybridized carbons (Fsp3) is 0.200. The number of ether oxygens (including phenoxy) is 2. The minimum atomic E-state index is -0.221. The van der Waals surface area contributed by atoms with Gasteiger partial charge in [0.15, 0.2) is 11.9 Å². The van der Waals surface area contributed by atoms with E-state index in [1.807, 2.05) is 0 Å². The molecular weight excluding hydrogens is 272 g/mol. The van der Waals surface area contributed by atoms with E-state index in [4.69, 9.17) is 9.47 Å². The maximum Gasteiger partial charge on any atom is 0.290 e. The van der Waals surface area contributed by atoms with Gasteiger partial charge >= 0.3 is 0 Å². The van der Waals surface area contributed by atoms with Crippen LogP contribution in [0.2, 0.25) is 0 Å². The number of pyridine rings is 1. The molecule has 0 aliphatic rings. The lowest BCUT2D eigenvalue weighted by Crippen LogP contribution is -2.39. The summed E-state index contributed by atoms with van der Waals surface area (Å²) in [7, 11) is 3.09. The van der Waals surface area contributed by atoms with Crippen molar-refractivity contribution in [1.29, 1.82) is 0 Å². The maximum absolute atomic E-state index is 12.0. The Balaban J connectivity index is 2.08. The van der Waals surface area contributed by atoms with E-state index in [1.54, 1.807) is 55.3 Å². The first-order valence-electron chi connectivity index (χ1n) is 6.31. The van der Waals surface area contributed by atoms with Gasteiger partial charge in [-0.25, -0.2) is 0 Å². The number of carbonyl (C=O) groups excluding carboxylic acids is 1. The van der Waals surface area contributed by atoms with Crippen LogP contribution in [0.4, 0.5) is 5.69 Å². The summed E-state index contributed by atoms with van der Waals surface area (Å²) < 4.78 is 11.9. The highest BCUT2D eigenvalue weighted by Gasteiger charge is 2.11. The third kappa shape index (κ3) is 4.10. The Bertz CT molecular complexity index is 621. The molecule has 110 valence electrons. The second-order valence-corrected chi connectivity index (χ2v) is 4.38. The monoisotopic (exact) mass is 289 g/mol. The van der Waals surface area contributed by atoms with E-state index in [9.17, 15) is 9.90 Å². The number of hydrogen-bond donors (Lipinski definition) is 2. The molecule has 6 heteroatoms. The first-order chi connectivity index (χ1) is 10.1. The van der Waals surface area contributed by atoms with Gasteiger partial charge in [-0.15, -0.1) is 0 Å². The van der Waals surface area contributed by atoms with Crippen LogP contribution in [0.1, 0.15) is 0 Å². The second kappa shape index (κ2) is 6.60. The SMILES string of the molecule is COc1cc(NC(=O)C[n+]2cccc(O)c2)cc(OC)c1. The number of carbonyl (C=O) groups is 1. The summed E-state index contributed by atoms with van der Waals surface area (Å²) in [5, 5.41) is 12.1. The van der Waals surface area contributed by atoms with Crippen molar-refractivity contribution in [2.24, 2.45) is 0 Å². The Morgan fingerprint density at radius 2 is 1.90 bits per heavy atom. The molecule has 0 bridgehead atoms. The van der Waals surface area contributed by atoms with Crippen molar-refractivity contribution in [2.45, 2.75) is 6.54 Å². The summed E-state index contributed by atoms with van der Waals surface area (Å²) in [5.74, 6) is 1.07. The highest BCUT2D eigenvalue weighted by Crippen LogP contribution is 2.25. The number of amides is 1. The largest absolute Gasteiger partial charge is 0.503 e. The van der Waals surface area contributed by atoms with E-state index < -0.39 is 0 Å². The van der Waals surface area contributed by atoms with Gasteiger partial charge in [-0.1, -0.05) is 0 Å². The summed E-state index contributed by atoms with van der Waals surface area (Å²) in [4.78, 5) is 12.0. The van der Waals surface area contributed by atoms with E-state index in [0.29, 0.717) is 17.2 Å². The van der Waals surface area contributed by atoms with E-state index in [2.05, 4.69) is 5.32 Å². The third-order valence-electron chi connectivity index (χ3n) is 2.80. The van der Waals surface area contributed by atoms with Gasteiger partial charge in [0.1, 0.15) is 11.5 Å². The minimum absolute atomic E-state index is 0.0912. The van der Waals surface area contributed by atoms with Crippen LogP contribution in [0.15, 0.2) is 42.7 Å². The smallest absolute Gasteiger partial charge is 0.290 e. The van der Waals surface area contributed by atoms with E-state index in [-0.39, 0.29) is 18.2 Å². The molecule has 2 rings (SSSR count). The predicted octanol–water partition coefficient (Wildman–Crippen LogP) is 1.34. The van der Waals surface area contributed by atoms with Gasteiger partial charge in [0.05, 0.1) is 14.2 Å². The molecular formula is C15H17N2O4+. The van der Waals surface area contributed by atoms with Crippen LogP contribution in [-0.2, 0) is 11.3 Å². The third-order valence-corrected chi connectivity index (χ3v) is 2.80. The lowest BCUT2D eigenvalue weighted by molar-refractivity contribution is -0.684. The molecule has 21 heavy (non-hydrogen) atoms. The summed E-state index contributed by atoms with van der Waals surface area (Å²) in [6.07, 6.45) is 3.18. The van der Waals surface area contributed by atoms with Crippen LogP contribution in [0.5, 0.6) is 17.2 Å².